The van der Waals surface area contributed by atoms with Gasteiger partial charge in [-0.15, -0.1) is 0 Å². The summed E-state index contributed by atoms with van der Waals surface area (Å²) in [6.07, 6.45) is 25.3. The molecule has 0 saturated heterocycles. The molecule has 2 fully saturated rings. The molecule has 0 N–H and O–H groups in total. The molecule has 0 aliphatic heterocycles. The first kappa shape index (κ1) is 20.6. The van der Waals surface area contributed by atoms with E-state index in [0.717, 1.165) is 30.9 Å². The molecule has 4 rings (SSSR count). The zero-order valence-corrected chi connectivity index (χ0v) is 18.6. The Morgan fingerprint density at radius 1 is 0.667 bits per heavy atom. The van der Waals surface area contributed by atoms with Crippen molar-refractivity contribution < 1.29 is 46.1 Å². The van der Waals surface area contributed by atoms with Gasteiger partial charge in [-0.2, -0.15) is 0 Å². The monoisotopic (exact) mass is 440 g/mol. The van der Waals surface area contributed by atoms with Crippen LogP contribution in [0.25, 0.3) is 0 Å². The molecule has 0 spiro atoms. The standard InChI is InChI=1S/2C9H11.C3H6.2ClH.Zr/c2*1-2-5-9-7-3-6-8(9)4-1;1-3-2;;;/h2*1-2,4-6,8-9H,3,7H2;1-2H3;2*1H;/q;;;;;+2/p-2. The smallest absolute Gasteiger partial charge is 1.00 e. The van der Waals surface area contributed by atoms with Crippen molar-refractivity contribution in [3.63, 3.8) is 0 Å². The fourth-order valence-electron chi connectivity index (χ4n) is 5.65. The summed E-state index contributed by atoms with van der Waals surface area (Å²) in [5.74, 6) is 3.50. The molecule has 0 aromatic rings. The molecule has 4 aliphatic carbocycles. The average molecular weight is 443 g/mol. The minimum atomic E-state index is -1.55. The normalized spacial score (nSPS) is 37.7. The first-order valence-corrected chi connectivity index (χ1v) is 13.2. The topological polar surface area (TPSA) is 0 Å². The predicted molar refractivity (Wildman–Crippen MR) is 92.8 cm³/mol. The van der Waals surface area contributed by atoms with Crippen molar-refractivity contribution in [3.8, 4) is 0 Å². The summed E-state index contributed by atoms with van der Waals surface area (Å²) in [6.45, 7) is 4.97. The minimum absolute atomic E-state index is 0. The maximum absolute atomic E-state index is 2.56. The Kier molecular flexibility index (Phi) is 7.54. The summed E-state index contributed by atoms with van der Waals surface area (Å²) in [5, 5.41) is 0. The van der Waals surface area contributed by atoms with Crippen LogP contribution in [0.15, 0.2) is 48.6 Å². The Morgan fingerprint density at radius 2 is 1.08 bits per heavy atom. The van der Waals surface area contributed by atoms with Crippen LogP contribution in [-0.4, -0.2) is 3.21 Å². The number of fused-ring (bicyclic) bond motifs is 2. The van der Waals surface area contributed by atoms with Crippen LogP contribution in [-0.2, 0) is 21.3 Å². The van der Waals surface area contributed by atoms with Crippen LogP contribution in [0.1, 0.15) is 39.5 Å². The van der Waals surface area contributed by atoms with Crippen molar-refractivity contribution in [1.29, 1.82) is 0 Å². The fourth-order valence-corrected chi connectivity index (χ4v) is 16.8. The Balaban J connectivity index is 0.00000104. The summed E-state index contributed by atoms with van der Waals surface area (Å²) >= 11 is -1.55. The van der Waals surface area contributed by atoms with Crippen LogP contribution >= 0.6 is 0 Å². The molecule has 3 heteroatoms. The Morgan fingerprint density at radius 3 is 1.50 bits per heavy atom. The van der Waals surface area contributed by atoms with Crippen LogP contribution in [0.5, 0.6) is 0 Å². The van der Waals surface area contributed by atoms with E-state index in [0.29, 0.717) is 0 Å². The molecule has 0 aromatic heterocycles. The molecule has 0 aromatic carbocycles. The number of hydrogen-bond acceptors (Lipinski definition) is 0. The average Bonchev–Trinajstić information content (AvgIpc) is 3.13. The number of hydrogen-bond donors (Lipinski definition) is 0. The number of rotatable bonds is 2. The molecule has 0 heterocycles. The molecule has 6 unspecified atom stereocenters. The van der Waals surface area contributed by atoms with Crippen LogP contribution in [0, 0.1) is 23.7 Å². The summed E-state index contributed by atoms with van der Waals surface area (Å²) in [7, 11) is 0. The van der Waals surface area contributed by atoms with Crippen molar-refractivity contribution >= 4 is 3.21 Å². The summed E-state index contributed by atoms with van der Waals surface area (Å²) < 4.78 is 4.02. The van der Waals surface area contributed by atoms with Crippen LogP contribution in [0.2, 0.25) is 7.25 Å². The van der Waals surface area contributed by atoms with Gasteiger partial charge in [0.05, 0.1) is 0 Å². The van der Waals surface area contributed by atoms with Crippen molar-refractivity contribution in [2.45, 2.75) is 46.8 Å². The van der Waals surface area contributed by atoms with E-state index >= 15 is 0 Å². The first-order chi connectivity index (χ1) is 10.8. The molecular formula is C21H28Cl2Zr. The van der Waals surface area contributed by atoms with E-state index in [4.69, 9.17) is 0 Å². The number of halogens is 2. The zero-order valence-electron chi connectivity index (χ0n) is 14.7. The Hall–Kier alpha value is 0.293. The number of allylic oxidation sites excluding steroid dienone is 8. The van der Waals surface area contributed by atoms with Crippen LogP contribution < -0.4 is 24.8 Å². The van der Waals surface area contributed by atoms with E-state index < -0.39 is 21.3 Å². The SMILES string of the molecule is C[C](C)=[Zr+2]([CH]1CCC2C=CC=CC21)[CH]1CCC2C=CC=CC21.[Cl-].[Cl-]. The largest absolute Gasteiger partial charge is 1.00 e. The predicted octanol–water partition coefficient (Wildman–Crippen LogP) is -0.294. The summed E-state index contributed by atoms with van der Waals surface area (Å²) in [6, 6.07) is 0. The molecule has 0 nitrogen and oxygen atoms in total. The van der Waals surface area contributed by atoms with Crippen LogP contribution in [0.4, 0.5) is 0 Å². The van der Waals surface area contributed by atoms with Gasteiger partial charge in [-0.3, -0.25) is 0 Å². The van der Waals surface area contributed by atoms with E-state index in [2.05, 4.69) is 62.5 Å². The van der Waals surface area contributed by atoms with Crippen molar-refractivity contribution in [2.24, 2.45) is 23.7 Å². The second-order valence-corrected chi connectivity index (χ2v) is 16.2. The van der Waals surface area contributed by atoms with E-state index in [1.807, 2.05) is 3.21 Å². The van der Waals surface area contributed by atoms with Gasteiger partial charge in [-0.05, 0) is 0 Å². The van der Waals surface area contributed by atoms with Gasteiger partial charge < -0.3 is 24.8 Å². The van der Waals surface area contributed by atoms with Gasteiger partial charge in [0.25, 0.3) is 0 Å². The van der Waals surface area contributed by atoms with Gasteiger partial charge in [0, 0.05) is 0 Å². The maximum Gasteiger partial charge on any atom is -1.00 e. The van der Waals surface area contributed by atoms with Gasteiger partial charge in [0.1, 0.15) is 0 Å². The molecule has 130 valence electrons. The van der Waals surface area contributed by atoms with E-state index in [1.54, 1.807) is 0 Å². The molecule has 24 heavy (non-hydrogen) atoms. The van der Waals surface area contributed by atoms with Gasteiger partial charge in [-0.25, -0.2) is 0 Å². The molecular weight excluding hydrogens is 414 g/mol. The van der Waals surface area contributed by atoms with Gasteiger partial charge in [0.2, 0.25) is 0 Å². The van der Waals surface area contributed by atoms with Gasteiger partial charge >= 0.3 is 144 Å². The second kappa shape index (κ2) is 8.79. The Labute approximate surface area is 167 Å². The Bertz CT molecular complexity index is 549. The molecule has 2 saturated carbocycles. The molecule has 6 atom stereocenters. The quantitative estimate of drug-likeness (QED) is 0.551. The second-order valence-electron chi connectivity index (χ2n) is 7.85. The maximum atomic E-state index is 2.56. The van der Waals surface area contributed by atoms with Gasteiger partial charge in [-0.1, -0.05) is 0 Å². The molecule has 4 aliphatic rings. The summed E-state index contributed by atoms with van der Waals surface area (Å²) in [5.41, 5.74) is 0. The van der Waals surface area contributed by atoms with Crippen molar-refractivity contribution in [3.05, 3.63) is 48.6 Å². The molecule has 0 amide bonds. The third-order valence-electron chi connectivity index (χ3n) is 6.52. The third kappa shape index (κ3) is 3.70. The van der Waals surface area contributed by atoms with Crippen molar-refractivity contribution in [2.75, 3.05) is 0 Å². The molecule has 0 radical (unpaired) electrons. The zero-order chi connectivity index (χ0) is 15.1. The minimum Gasteiger partial charge on any atom is -1.00 e. The van der Waals surface area contributed by atoms with Crippen LogP contribution in [0.3, 0.4) is 0 Å². The van der Waals surface area contributed by atoms with E-state index in [9.17, 15) is 0 Å². The fraction of sp³-hybridized carbons (Fsp3) is 0.571. The van der Waals surface area contributed by atoms with Crippen molar-refractivity contribution in [1.82, 2.24) is 0 Å². The van der Waals surface area contributed by atoms with E-state index in [1.165, 1.54) is 25.7 Å². The summed E-state index contributed by atoms with van der Waals surface area (Å²) in [4.78, 5) is 0. The third-order valence-corrected chi connectivity index (χ3v) is 16.6. The molecule has 0 bridgehead atoms. The van der Waals surface area contributed by atoms with Gasteiger partial charge in [0.15, 0.2) is 0 Å². The first-order valence-electron chi connectivity index (χ1n) is 9.13. The van der Waals surface area contributed by atoms with E-state index in [-0.39, 0.29) is 24.8 Å².